The van der Waals surface area contributed by atoms with Gasteiger partial charge >= 0.3 is 6.36 Å². The number of amides is 1. The van der Waals surface area contributed by atoms with Crippen LogP contribution in [0, 0.1) is 11.3 Å². The standard InChI is InChI=1S/C25H29F3N4O3/c1-14-9-16(13-24(2,3)12-14)32-20-11-21(34-4)18(22(29)33)10-19(20)31-23(32)30-15-5-7-17(8-6-15)35-25(26,27)28/h5-8,10-11,14,16H,9,12-13H2,1-4H3,(H2,29,33)(H,30,31)/t14-,16?/m0/s1. The van der Waals surface area contributed by atoms with Crippen LogP contribution in [-0.4, -0.2) is 28.9 Å². The van der Waals surface area contributed by atoms with E-state index in [0.29, 0.717) is 28.8 Å². The third-order valence-electron chi connectivity index (χ3n) is 6.35. The van der Waals surface area contributed by atoms with Gasteiger partial charge in [-0.25, -0.2) is 4.98 Å². The van der Waals surface area contributed by atoms with Crippen molar-refractivity contribution in [1.29, 1.82) is 0 Å². The highest BCUT2D eigenvalue weighted by Crippen LogP contribution is 2.46. The Morgan fingerprint density at radius 1 is 1.20 bits per heavy atom. The molecule has 3 N–H and O–H groups in total. The minimum atomic E-state index is -4.76. The lowest BCUT2D eigenvalue weighted by Crippen LogP contribution is -2.29. The normalized spacial score (nSPS) is 20.0. The van der Waals surface area contributed by atoms with Gasteiger partial charge in [0.05, 0.1) is 23.7 Å². The number of nitrogens with one attached hydrogen (secondary N) is 1. The summed E-state index contributed by atoms with van der Waals surface area (Å²) in [7, 11) is 1.48. The molecule has 2 atom stereocenters. The van der Waals surface area contributed by atoms with Crippen molar-refractivity contribution in [2.45, 2.75) is 52.4 Å². The van der Waals surface area contributed by atoms with Gasteiger partial charge in [-0.15, -0.1) is 13.2 Å². The molecule has 0 aliphatic heterocycles. The predicted molar refractivity (Wildman–Crippen MR) is 127 cm³/mol. The van der Waals surface area contributed by atoms with Crippen LogP contribution in [0.4, 0.5) is 24.8 Å². The molecule has 4 rings (SSSR count). The second kappa shape index (κ2) is 8.98. The van der Waals surface area contributed by atoms with E-state index in [1.165, 1.54) is 31.4 Å². The van der Waals surface area contributed by atoms with Crippen molar-refractivity contribution in [3.63, 3.8) is 0 Å². The van der Waals surface area contributed by atoms with Crippen LogP contribution < -0.4 is 20.5 Å². The first-order valence-corrected chi connectivity index (χ1v) is 11.4. The van der Waals surface area contributed by atoms with Gasteiger partial charge in [0.25, 0.3) is 5.91 Å². The summed E-state index contributed by atoms with van der Waals surface area (Å²) in [6, 6.07) is 8.95. The van der Waals surface area contributed by atoms with E-state index in [1.807, 2.05) is 0 Å². The van der Waals surface area contributed by atoms with Gasteiger partial charge in [-0.1, -0.05) is 20.8 Å². The third-order valence-corrected chi connectivity index (χ3v) is 6.35. The highest BCUT2D eigenvalue weighted by atomic mass is 19.4. The van der Waals surface area contributed by atoms with E-state index in [0.717, 1.165) is 24.8 Å². The van der Waals surface area contributed by atoms with Crippen molar-refractivity contribution in [3.8, 4) is 11.5 Å². The minimum absolute atomic E-state index is 0.109. The summed E-state index contributed by atoms with van der Waals surface area (Å²) in [4.78, 5) is 16.7. The number of methoxy groups -OCH3 is 1. The van der Waals surface area contributed by atoms with Gasteiger partial charge in [0.15, 0.2) is 0 Å². The van der Waals surface area contributed by atoms with Gasteiger partial charge in [0.1, 0.15) is 11.5 Å². The van der Waals surface area contributed by atoms with Crippen LogP contribution in [-0.2, 0) is 0 Å². The number of fused-ring (bicyclic) bond motifs is 1. The molecule has 1 aromatic heterocycles. The summed E-state index contributed by atoms with van der Waals surface area (Å²) in [6.45, 7) is 6.71. The molecule has 0 spiro atoms. The van der Waals surface area contributed by atoms with Crippen LogP contribution in [0.15, 0.2) is 36.4 Å². The van der Waals surface area contributed by atoms with E-state index in [9.17, 15) is 18.0 Å². The van der Waals surface area contributed by atoms with Crippen molar-refractivity contribution in [2.75, 3.05) is 12.4 Å². The Hall–Kier alpha value is -3.43. The molecular weight excluding hydrogens is 461 g/mol. The molecule has 1 heterocycles. The summed E-state index contributed by atoms with van der Waals surface area (Å²) in [5.74, 6) is 0.424. The van der Waals surface area contributed by atoms with Gasteiger partial charge in [-0.2, -0.15) is 0 Å². The van der Waals surface area contributed by atoms with Crippen molar-refractivity contribution in [3.05, 3.63) is 42.0 Å². The van der Waals surface area contributed by atoms with Crippen LogP contribution in [0.3, 0.4) is 0 Å². The Balaban J connectivity index is 1.79. The topological polar surface area (TPSA) is 91.4 Å². The number of carbonyl (C=O) groups is 1. The number of carbonyl (C=O) groups excluding carboxylic acids is 1. The lowest BCUT2D eigenvalue weighted by Gasteiger charge is -2.40. The molecule has 1 fully saturated rings. The Morgan fingerprint density at radius 2 is 1.89 bits per heavy atom. The Morgan fingerprint density at radius 3 is 2.46 bits per heavy atom. The largest absolute Gasteiger partial charge is 0.573 e. The first-order valence-electron chi connectivity index (χ1n) is 11.4. The van der Waals surface area contributed by atoms with Crippen LogP contribution in [0.1, 0.15) is 56.4 Å². The Bertz CT molecular complexity index is 1240. The smallest absolute Gasteiger partial charge is 0.496 e. The molecule has 35 heavy (non-hydrogen) atoms. The number of hydrogen-bond donors (Lipinski definition) is 2. The van der Waals surface area contributed by atoms with Gasteiger partial charge in [-0.3, -0.25) is 4.79 Å². The van der Waals surface area contributed by atoms with Gasteiger partial charge in [0.2, 0.25) is 5.95 Å². The minimum Gasteiger partial charge on any atom is -0.496 e. The van der Waals surface area contributed by atoms with Crippen molar-refractivity contribution in [1.82, 2.24) is 9.55 Å². The molecule has 0 bridgehead atoms. The molecule has 1 aliphatic carbocycles. The second-order valence-electron chi connectivity index (χ2n) is 9.98. The number of nitrogens with zero attached hydrogens (tertiary/aromatic N) is 2. The average Bonchev–Trinajstić information content (AvgIpc) is 3.08. The van der Waals surface area contributed by atoms with E-state index >= 15 is 0 Å². The van der Waals surface area contributed by atoms with Crippen LogP contribution in [0.25, 0.3) is 11.0 Å². The molecule has 1 saturated carbocycles. The monoisotopic (exact) mass is 490 g/mol. The molecule has 10 heteroatoms. The number of imidazole rings is 1. The zero-order valence-electron chi connectivity index (χ0n) is 20.1. The maximum absolute atomic E-state index is 12.5. The average molecular weight is 491 g/mol. The van der Waals surface area contributed by atoms with Crippen molar-refractivity contribution in [2.24, 2.45) is 17.1 Å². The van der Waals surface area contributed by atoms with Crippen LogP contribution in [0.5, 0.6) is 11.5 Å². The number of alkyl halides is 3. The van der Waals surface area contributed by atoms with E-state index < -0.39 is 12.3 Å². The highest BCUT2D eigenvalue weighted by Gasteiger charge is 2.35. The molecule has 1 unspecified atom stereocenters. The molecule has 2 aromatic carbocycles. The zero-order chi connectivity index (χ0) is 25.5. The SMILES string of the molecule is COc1cc2c(cc1C(N)=O)nc(Nc1ccc(OC(F)(F)F)cc1)n2C1C[C@H](C)CC(C)(C)C1. The molecule has 1 amide bonds. The second-order valence-corrected chi connectivity index (χ2v) is 9.98. The number of halogens is 3. The van der Waals surface area contributed by atoms with Gasteiger partial charge in [0, 0.05) is 17.8 Å². The molecule has 1 aliphatic rings. The lowest BCUT2D eigenvalue weighted by atomic mass is 9.70. The number of aromatic nitrogens is 2. The first-order chi connectivity index (χ1) is 16.3. The van der Waals surface area contributed by atoms with Gasteiger partial charge in [-0.05, 0) is 60.9 Å². The van der Waals surface area contributed by atoms with E-state index in [-0.39, 0.29) is 22.8 Å². The number of primary amides is 1. The van der Waals surface area contributed by atoms with Crippen molar-refractivity contribution >= 4 is 28.6 Å². The number of ether oxygens (including phenoxy) is 2. The van der Waals surface area contributed by atoms with E-state index in [4.69, 9.17) is 15.5 Å². The Kier molecular flexibility index (Phi) is 6.33. The van der Waals surface area contributed by atoms with Crippen LogP contribution in [0.2, 0.25) is 0 Å². The van der Waals surface area contributed by atoms with Crippen molar-refractivity contribution < 1.29 is 27.4 Å². The summed E-state index contributed by atoms with van der Waals surface area (Å²) in [6.07, 6.45) is -1.81. The quantitative estimate of drug-likeness (QED) is 0.431. The lowest BCUT2D eigenvalue weighted by molar-refractivity contribution is -0.274. The fourth-order valence-electron chi connectivity index (χ4n) is 5.30. The summed E-state index contributed by atoms with van der Waals surface area (Å²) < 4.78 is 49.0. The molecule has 7 nitrogen and oxygen atoms in total. The highest BCUT2D eigenvalue weighted by molar-refractivity contribution is 6.00. The number of rotatable bonds is 6. The molecule has 0 radical (unpaired) electrons. The maximum Gasteiger partial charge on any atom is 0.573 e. The van der Waals surface area contributed by atoms with E-state index in [2.05, 4.69) is 35.4 Å². The predicted octanol–water partition coefficient (Wildman–Crippen LogP) is 6.17. The number of benzene rings is 2. The fraction of sp³-hybridized carbons (Fsp3) is 0.440. The summed E-state index contributed by atoms with van der Waals surface area (Å²) in [5, 5.41) is 3.24. The molecular formula is C25H29F3N4O3. The zero-order valence-corrected chi connectivity index (χ0v) is 20.1. The van der Waals surface area contributed by atoms with Gasteiger partial charge < -0.3 is 25.1 Å². The molecule has 3 aromatic rings. The summed E-state index contributed by atoms with van der Waals surface area (Å²) >= 11 is 0. The van der Waals surface area contributed by atoms with Crippen LogP contribution >= 0.6 is 0 Å². The fourth-order valence-corrected chi connectivity index (χ4v) is 5.30. The third kappa shape index (κ3) is 5.47. The maximum atomic E-state index is 12.5. The molecule has 188 valence electrons. The summed E-state index contributed by atoms with van der Waals surface area (Å²) in [5.41, 5.74) is 7.77. The number of anilines is 2. The van der Waals surface area contributed by atoms with E-state index in [1.54, 1.807) is 12.1 Å². The Labute approximate surface area is 201 Å². The first kappa shape index (κ1) is 24.7. The number of hydrogen-bond acceptors (Lipinski definition) is 5. The molecule has 0 saturated heterocycles. The number of nitrogens with two attached hydrogens (primary N) is 1.